The maximum Gasteiger partial charge on any atom is 0.161 e. The lowest BCUT2D eigenvalue weighted by Crippen LogP contribution is -2.16. The summed E-state index contributed by atoms with van der Waals surface area (Å²) in [6.07, 6.45) is 1.83. The summed E-state index contributed by atoms with van der Waals surface area (Å²) in [6.45, 7) is 0. The summed E-state index contributed by atoms with van der Waals surface area (Å²) in [5.41, 5.74) is 11.7. The molecule has 0 spiro atoms. The van der Waals surface area contributed by atoms with Crippen molar-refractivity contribution in [3.05, 3.63) is 23.0 Å². The molecular formula is C10H16N4O2. The highest BCUT2D eigenvalue weighted by Gasteiger charge is 2.13. The summed E-state index contributed by atoms with van der Waals surface area (Å²) in [6, 6.07) is 1.94. The van der Waals surface area contributed by atoms with Crippen LogP contribution in [0.3, 0.4) is 0 Å². The van der Waals surface area contributed by atoms with Gasteiger partial charge in [-0.2, -0.15) is 5.26 Å². The number of hydrogen-bond donors (Lipinski definition) is 3. The van der Waals surface area contributed by atoms with Crippen LogP contribution in [0.25, 0.3) is 0 Å². The second-order valence-electron chi connectivity index (χ2n) is 2.88. The topological polar surface area (TPSA) is 118 Å². The summed E-state index contributed by atoms with van der Waals surface area (Å²) < 4.78 is 9.92. The zero-order valence-electron chi connectivity index (χ0n) is 9.36. The molecule has 0 unspecified atom stereocenters. The predicted octanol–water partition coefficient (Wildman–Crippen LogP) is 0.224. The molecule has 0 aromatic heterocycles. The number of nitrogens with one attached hydrogen (secondary N) is 1. The summed E-state index contributed by atoms with van der Waals surface area (Å²) in [5, 5.41) is 16.0. The summed E-state index contributed by atoms with van der Waals surface area (Å²) in [4.78, 5) is 0. The van der Waals surface area contributed by atoms with E-state index in [-0.39, 0.29) is 17.7 Å². The molecule has 6 heteroatoms. The Morgan fingerprint density at radius 2 is 2.06 bits per heavy atom. The van der Waals surface area contributed by atoms with Crippen molar-refractivity contribution in [3.8, 4) is 6.07 Å². The van der Waals surface area contributed by atoms with Gasteiger partial charge in [0.25, 0.3) is 0 Å². The highest BCUT2D eigenvalue weighted by molar-refractivity contribution is 5.82. The molecule has 88 valence electrons. The third-order valence-corrected chi connectivity index (χ3v) is 2.00. The van der Waals surface area contributed by atoms with Gasteiger partial charge < -0.3 is 26.4 Å². The Hall–Kier alpha value is -1.84. The Morgan fingerprint density at radius 1 is 1.50 bits per heavy atom. The molecule has 16 heavy (non-hydrogen) atoms. The summed E-state index contributed by atoms with van der Waals surface area (Å²) in [7, 11) is 2.94. The van der Waals surface area contributed by atoms with Gasteiger partial charge in [-0.1, -0.05) is 0 Å². The van der Waals surface area contributed by atoms with E-state index < -0.39 is 6.29 Å². The maximum absolute atomic E-state index is 8.93. The molecule has 5 N–H and O–H groups in total. The molecule has 0 aliphatic carbocycles. The number of ether oxygens (including phenoxy) is 2. The van der Waals surface area contributed by atoms with Crippen LogP contribution in [0.1, 0.15) is 6.42 Å². The molecule has 0 saturated heterocycles. The zero-order chi connectivity index (χ0) is 12.6. The van der Waals surface area contributed by atoms with Crippen molar-refractivity contribution < 1.29 is 9.47 Å². The molecule has 6 nitrogen and oxygen atoms in total. The Bertz CT molecular complexity index is 337. The second-order valence-corrected chi connectivity index (χ2v) is 2.88. The normalized spacial score (nSPS) is 13.2. The molecule has 0 aromatic carbocycles. The molecule has 0 radical (unpaired) electrons. The van der Waals surface area contributed by atoms with Crippen LogP contribution < -0.4 is 11.5 Å². The first kappa shape index (κ1) is 14.2. The van der Waals surface area contributed by atoms with Crippen molar-refractivity contribution >= 4 is 6.21 Å². The van der Waals surface area contributed by atoms with Gasteiger partial charge in [0, 0.05) is 38.6 Å². The Morgan fingerprint density at radius 3 is 2.38 bits per heavy atom. The molecule has 0 saturated carbocycles. The fraction of sp³-hybridized carbons (Fsp3) is 0.400. The van der Waals surface area contributed by atoms with E-state index in [1.54, 1.807) is 0 Å². The third kappa shape index (κ3) is 3.73. The second kappa shape index (κ2) is 7.45. The number of nitriles is 1. The number of nitrogens with zero attached hydrogens (tertiary/aromatic N) is 1. The highest BCUT2D eigenvalue weighted by Crippen LogP contribution is 2.14. The average molecular weight is 224 g/mol. The first-order valence-corrected chi connectivity index (χ1v) is 4.51. The third-order valence-electron chi connectivity index (χ3n) is 2.00. The lowest BCUT2D eigenvalue weighted by Gasteiger charge is -2.13. The minimum atomic E-state index is -0.544. The molecule has 0 aliphatic rings. The van der Waals surface area contributed by atoms with Crippen molar-refractivity contribution in [2.75, 3.05) is 14.2 Å². The smallest absolute Gasteiger partial charge is 0.161 e. The van der Waals surface area contributed by atoms with Crippen LogP contribution in [-0.4, -0.2) is 26.7 Å². The lowest BCUT2D eigenvalue weighted by atomic mass is 10.1. The van der Waals surface area contributed by atoms with Crippen LogP contribution >= 0.6 is 0 Å². The lowest BCUT2D eigenvalue weighted by molar-refractivity contribution is -0.0997. The first-order chi connectivity index (χ1) is 7.64. The zero-order valence-corrected chi connectivity index (χ0v) is 9.36. The van der Waals surface area contributed by atoms with Crippen molar-refractivity contribution in [2.45, 2.75) is 12.7 Å². The fourth-order valence-electron chi connectivity index (χ4n) is 1.04. The number of rotatable bonds is 6. The van der Waals surface area contributed by atoms with E-state index in [2.05, 4.69) is 0 Å². The van der Waals surface area contributed by atoms with E-state index in [1.807, 2.05) is 6.07 Å². The minimum absolute atomic E-state index is 0.166. The number of allylic oxidation sites excluding steroid dienone is 1. The van der Waals surface area contributed by atoms with Gasteiger partial charge in [-0.25, -0.2) is 0 Å². The van der Waals surface area contributed by atoms with E-state index in [1.165, 1.54) is 20.4 Å². The molecule has 0 amide bonds. The van der Waals surface area contributed by atoms with Crippen LogP contribution in [0.5, 0.6) is 0 Å². The molecule has 0 rings (SSSR count). The van der Waals surface area contributed by atoms with Crippen LogP contribution in [0.2, 0.25) is 0 Å². The molecule has 0 bridgehead atoms. The Balaban J connectivity index is 5.04. The number of methoxy groups -OCH3 is 2. The van der Waals surface area contributed by atoms with Crippen LogP contribution in [0.15, 0.2) is 23.0 Å². The fourth-order valence-corrected chi connectivity index (χ4v) is 1.04. The van der Waals surface area contributed by atoms with E-state index >= 15 is 0 Å². The first-order valence-electron chi connectivity index (χ1n) is 4.51. The summed E-state index contributed by atoms with van der Waals surface area (Å²) in [5.74, 6) is 0. The minimum Gasteiger partial charge on any atom is -0.404 e. The molecule has 0 atom stereocenters. The van der Waals surface area contributed by atoms with Crippen molar-refractivity contribution in [1.29, 1.82) is 10.7 Å². The van der Waals surface area contributed by atoms with Crippen LogP contribution in [-0.2, 0) is 9.47 Å². The van der Waals surface area contributed by atoms with Crippen molar-refractivity contribution in [3.63, 3.8) is 0 Å². The number of hydrogen-bond acceptors (Lipinski definition) is 6. The van der Waals surface area contributed by atoms with Crippen molar-refractivity contribution in [1.82, 2.24) is 0 Å². The maximum atomic E-state index is 8.93. The summed E-state index contributed by atoms with van der Waals surface area (Å²) >= 11 is 0. The van der Waals surface area contributed by atoms with E-state index in [4.69, 9.17) is 31.6 Å². The molecule has 0 aromatic rings. The van der Waals surface area contributed by atoms with Gasteiger partial charge in [0.05, 0.1) is 17.3 Å². The van der Waals surface area contributed by atoms with Gasteiger partial charge in [-0.15, -0.1) is 0 Å². The van der Waals surface area contributed by atoms with Crippen LogP contribution in [0, 0.1) is 16.7 Å². The molecule has 0 heterocycles. The van der Waals surface area contributed by atoms with Gasteiger partial charge in [0.1, 0.15) is 0 Å². The van der Waals surface area contributed by atoms with E-state index in [0.29, 0.717) is 5.57 Å². The van der Waals surface area contributed by atoms with Crippen molar-refractivity contribution in [2.24, 2.45) is 11.5 Å². The quantitative estimate of drug-likeness (QED) is 0.258. The largest absolute Gasteiger partial charge is 0.404 e. The van der Waals surface area contributed by atoms with E-state index in [0.717, 1.165) is 6.21 Å². The highest BCUT2D eigenvalue weighted by atomic mass is 16.7. The SMILES string of the molecule is COC(C/C(C#N)=C(N)/C(C=N)=C/N)OC. The van der Waals surface area contributed by atoms with Gasteiger partial charge in [0.15, 0.2) is 6.29 Å². The van der Waals surface area contributed by atoms with Gasteiger partial charge >= 0.3 is 0 Å². The van der Waals surface area contributed by atoms with Crippen LogP contribution in [0.4, 0.5) is 0 Å². The molecular weight excluding hydrogens is 208 g/mol. The standard InChI is InChI=1S/C10H16N4O2/c1-15-9(16-2)3-7(4-11)10(14)8(5-12)6-13/h5-6,9,12H,3,13-14H2,1-2H3/b8-6+,10-7+,12-5?. The van der Waals surface area contributed by atoms with Gasteiger partial charge in [-0.3, -0.25) is 0 Å². The van der Waals surface area contributed by atoms with Gasteiger partial charge in [0.2, 0.25) is 0 Å². The predicted molar refractivity (Wildman–Crippen MR) is 60.3 cm³/mol. The molecule has 0 fully saturated rings. The Labute approximate surface area is 94.6 Å². The average Bonchev–Trinajstić information content (AvgIpc) is 2.32. The van der Waals surface area contributed by atoms with E-state index in [9.17, 15) is 0 Å². The molecule has 0 aliphatic heterocycles. The van der Waals surface area contributed by atoms with Gasteiger partial charge in [-0.05, 0) is 0 Å². The monoisotopic (exact) mass is 224 g/mol. The number of nitrogens with two attached hydrogens (primary N) is 2. The Kier molecular flexibility index (Phi) is 6.59.